The normalized spacial score (nSPS) is 31.2. The molecule has 1 aliphatic heterocycles. The average molecular weight is 256 g/mol. The quantitative estimate of drug-likeness (QED) is 0.761. The van der Waals surface area contributed by atoms with E-state index in [0.29, 0.717) is 24.9 Å². The Morgan fingerprint density at radius 1 is 1.44 bits per heavy atom. The summed E-state index contributed by atoms with van der Waals surface area (Å²) in [6.45, 7) is 11.5. The van der Waals surface area contributed by atoms with Crippen molar-refractivity contribution in [2.24, 2.45) is 11.8 Å². The zero-order chi connectivity index (χ0) is 13.7. The van der Waals surface area contributed by atoms with Crippen molar-refractivity contribution in [1.82, 2.24) is 10.2 Å². The number of aliphatic carboxylic acids is 1. The van der Waals surface area contributed by atoms with Crippen LogP contribution in [0.25, 0.3) is 0 Å². The van der Waals surface area contributed by atoms with E-state index in [-0.39, 0.29) is 0 Å². The molecule has 0 aliphatic carbocycles. The minimum Gasteiger partial charge on any atom is -0.480 e. The summed E-state index contributed by atoms with van der Waals surface area (Å²) in [6, 6.07) is 0.159. The Morgan fingerprint density at radius 3 is 2.67 bits per heavy atom. The van der Waals surface area contributed by atoms with Gasteiger partial charge in [0.05, 0.1) is 0 Å². The number of hydrogen-bond donors (Lipinski definition) is 2. The summed E-state index contributed by atoms with van der Waals surface area (Å²) in [5.41, 5.74) is 0. The van der Waals surface area contributed by atoms with Gasteiger partial charge in [-0.3, -0.25) is 4.79 Å². The predicted molar refractivity (Wildman–Crippen MR) is 73.7 cm³/mol. The van der Waals surface area contributed by atoms with Crippen LogP contribution in [0.4, 0.5) is 0 Å². The highest BCUT2D eigenvalue weighted by Crippen LogP contribution is 2.26. The van der Waals surface area contributed by atoms with Gasteiger partial charge in [0.25, 0.3) is 0 Å². The molecule has 1 fully saturated rings. The van der Waals surface area contributed by atoms with Gasteiger partial charge in [0.2, 0.25) is 0 Å². The van der Waals surface area contributed by atoms with Gasteiger partial charge in [-0.2, -0.15) is 0 Å². The molecule has 0 radical (unpaired) electrons. The molecule has 1 saturated heterocycles. The lowest BCUT2D eigenvalue weighted by molar-refractivity contribution is -0.139. The van der Waals surface area contributed by atoms with E-state index >= 15 is 0 Å². The number of nitrogens with zero attached hydrogens (tertiary/aromatic N) is 1. The van der Waals surface area contributed by atoms with Crippen LogP contribution in [0, 0.1) is 11.8 Å². The fourth-order valence-corrected chi connectivity index (χ4v) is 2.98. The largest absolute Gasteiger partial charge is 0.480 e. The fourth-order valence-electron chi connectivity index (χ4n) is 2.98. The molecule has 0 aromatic rings. The molecule has 0 bridgehead atoms. The molecule has 0 aromatic heterocycles. The summed E-state index contributed by atoms with van der Waals surface area (Å²) in [5.74, 6) is 0.692. The Hall–Kier alpha value is -0.610. The number of carboxylic acids is 1. The third-order valence-corrected chi connectivity index (χ3v) is 4.17. The van der Waals surface area contributed by atoms with Gasteiger partial charge in [-0.1, -0.05) is 20.8 Å². The van der Waals surface area contributed by atoms with Gasteiger partial charge < -0.3 is 15.3 Å². The van der Waals surface area contributed by atoms with Crippen LogP contribution in [-0.4, -0.2) is 47.7 Å². The second-order valence-corrected chi connectivity index (χ2v) is 5.79. The van der Waals surface area contributed by atoms with Crippen molar-refractivity contribution in [2.75, 3.05) is 19.6 Å². The predicted octanol–water partition coefficient (Wildman–Crippen LogP) is 1.81. The molecule has 1 rings (SSSR count). The van der Waals surface area contributed by atoms with Crippen molar-refractivity contribution in [3.8, 4) is 0 Å². The molecule has 0 aromatic carbocycles. The highest BCUT2D eigenvalue weighted by atomic mass is 16.4. The summed E-state index contributed by atoms with van der Waals surface area (Å²) in [7, 11) is 0. The van der Waals surface area contributed by atoms with Crippen LogP contribution in [0.3, 0.4) is 0 Å². The van der Waals surface area contributed by atoms with E-state index in [1.807, 2.05) is 6.92 Å². The Labute approximate surface area is 111 Å². The Bertz CT molecular complexity index is 271. The van der Waals surface area contributed by atoms with E-state index in [9.17, 15) is 4.79 Å². The van der Waals surface area contributed by atoms with E-state index in [0.717, 1.165) is 19.0 Å². The van der Waals surface area contributed by atoms with Crippen LogP contribution in [0.5, 0.6) is 0 Å². The maximum absolute atomic E-state index is 11.1. The van der Waals surface area contributed by atoms with Crippen molar-refractivity contribution in [2.45, 2.75) is 52.6 Å². The van der Waals surface area contributed by atoms with Crippen molar-refractivity contribution >= 4 is 5.97 Å². The first-order chi connectivity index (χ1) is 8.45. The molecule has 0 amide bonds. The van der Waals surface area contributed by atoms with Crippen molar-refractivity contribution in [1.29, 1.82) is 0 Å². The highest BCUT2D eigenvalue weighted by molar-refractivity contribution is 5.73. The zero-order valence-corrected chi connectivity index (χ0v) is 12.1. The standard InChI is InChI=1S/C14H28N2O2/c1-5-15-13(14(17)18)6-7-16-9-10(2)8-11(3)12(16)4/h10-13,15H,5-9H2,1-4H3,(H,17,18). The minimum absolute atomic E-state index is 0.408. The number of piperidine rings is 1. The maximum atomic E-state index is 11.1. The van der Waals surface area contributed by atoms with E-state index in [4.69, 9.17) is 5.11 Å². The molecular formula is C14H28N2O2. The number of nitrogens with one attached hydrogen (secondary N) is 1. The number of hydrogen-bond acceptors (Lipinski definition) is 3. The van der Waals surface area contributed by atoms with Crippen molar-refractivity contribution in [3.05, 3.63) is 0 Å². The van der Waals surface area contributed by atoms with Crippen molar-refractivity contribution < 1.29 is 9.90 Å². The number of likely N-dealkylation sites (tertiary alicyclic amines) is 1. The van der Waals surface area contributed by atoms with Crippen LogP contribution in [0.15, 0.2) is 0 Å². The third kappa shape index (κ3) is 4.25. The molecule has 1 heterocycles. The molecule has 18 heavy (non-hydrogen) atoms. The molecule has 0 saturated carbocycles. The van der Waals surface area contributed by atoms with E-state index < -0.39 is 12.0 Å². The Morgan fingerprint density at radius 2 is 2.11 bits per heavy atom. The van der Waals surface area contributed by atoms with E-state index in [2.05, 4.69) is 31.0 Å². The van der Waals surface area contributed by atoms with E-state index in [1.54, 1.807) is 0 Å². The molecular weight excluding hydrogens is 228 g/mol. The lowest BCUT2D eigenvalue weighted by atomic mass is 9.86. The number of rotatable bonds is 6. The SMILES string of the molecule is CCNC(CCN1CC(C)CC(C)C1C)C(=O)O. The Balaban J connectivity index is 2.47. The molecule has 2 N–H and O–H groups in total. The van der Waals surface area contributed by atoms with Gasteiger partial charge in [-0.05, 0) is 38.1 Å². The molecule has 1 aliphatic rings. The minimum atomic E-state index is -0.734. The average Bonchev–Trinajstić information content (AvgIpc) is 2.29. The van der Waals surface area contributed by atoms with Crippen LogP contribution in [-0.2, 0) is 4.79 Å². The van der Waals surface area contributed by atoms with Crippen LogP contribution in [0.1, 0.15) is 40.5 Å². The van der Waals surface area contributed by atoms with Crippen LogP contribution >= 0.6 is 0 Å². The van der Waals surface area contributed by atoms with Crippen LogP contribution in [0.2, 0.25) is 0 Å². The second kappa shape index (κ2) is 7.10. The second-order valence-electron chi connectivity index (χ2n) is 5.79. The highest BCUT2D eigenvalue weighted by Gasteiger charge is 2.29. The molecule has 4 atom stereocenters. The third-order valence-electron chi connectivity index (χ3n) is 4.17. The summed E-state index contributed by atoms with van der Waals surface area (Å²) in [5, 5.41) is 12.2. The summed E-state index contributed by atoms with van der Waals surface area (Å²) in [6.07, 6.45) is 1.97. The van der Waals surface area contributed by atoms with Gasteiger partial charge in [0.1, 0.15) is 6.04 Å². The van der Waals surface area contributed by atoms with Gasteiger partial charge in [0, 0.05) is 19.1 Å². The molecule has 0 spiro atoms. The Kier molecular flexibility index (Phi) is 6.09. The molecule has 4 heteroatoms. The molecule has 106 valence electrons. The first kappa shape index (κ1) is 15.4. The maximum Gasteiger partial charge on any atom is 0.320 e. The van der Waals surface area contributed by atoms with Crippen molar-refractivity contribution in [3.63, 3.8) is 0 Å². The number of likely N-dealkylation sites (N-methyl/N-ethyl adjacent to an activating group) is 1. The monoisotopic (exact) mass is 256 g/mol. The topological polar surface area (TPSA) is 52.6 Å². The van der Waals surface area contributed by atoms with Gasteiger partial charge >= 0.3 is 5.97 Å². The first-order valence-electron chi connectivity index (χ1n) is 7.15. The van der Waals surface area contributed by atoms with E-state index in [1.165, 1.54) is 6.42 Å². The summed E-state index contributed by atoms with van der Waals surface area (Å²) >= 11 is 0. The number of carbonyl (C=O) groups is 1. The summed E-state index contributed by atoms with van der Waals surface area (Å²) in [4.78, 5) is 13.5. The van der Waals surface area contributed by atoms with Gasteiger partial charge in [0.15, 0.2) is 0 Å². The molecule has 4 nitrogen and oxygen atoms in total. The number of carboxylic acid groups (broad SMARTS) is 1. The zero-order valence-electron chi connectivity index (χ0n) is 12.1. The summed E-state index contributed by atoms with van der Waals surface area (Å²) < 4.78 is 0. The lowest BCUT2D eigenvalue weighted by Crippen LogP contribution is -2.48. The fraction of sp³-hybridized carbons (Fsp3) is 0.929. The smallest absolute Gasteiger partial charge is 0.320 e. The lowest BCUT2D eigenvalue weighted by Gasteiger charge is -2.41. The van der Waals surface area contributed by atoms with Crippen LogP contribution < -0.4 is 5.32 Å². The van der Waals surface area contributed by atoms with Gasteiger partial charge in [-0.15, -0.1) is 0 Å². The first-order valence-corrected chi connectivity index (χ1v) is 7.15. The van der Waals surface area contributed by atoms with Gasteiger partial charge in [-0.25, -0.2) is 0 Å². The molecule has 4 unspecified atom stereocenters.